The summed E-state index contributed by atoms with van der Waals surface area (Å²) in [6, 6.07) is 26.3. The summed E-state index contributed by atoms with van der Waals surface area (Å²) in [6.07, 6.45) is 2.02. The van der Waals surface area contributed by atoms with Crippen molar-refractivity contribution in [3.05, 3.63) is 124 Å². The topological polar surface area (TPSA) is 152 Å². The van der Waals surface area contributed by atoms with E-state index in [-0.39, 0.29) is 29.1 Å². The van der Waals surface area contributed by atoms with Crippen LogP contribution in [0.5, 0.6) is 5.75 Å². The second kappa shape index (κ2) is 12.6. The van der Waals surface area contributed by atoms with E-state index < -0.39 is 12.0 Å². The van der Waals surface area contributed by atoms with Gasteiger partial charge in [-0.3, -0.25) is 19.5 Å². The fourth-order valence-electron chi connectivity index (χ4n) is 5.22. The summed E-state index contributed by atoms with van der Waals surface area (Å²) in [6.45, 7) is 0.668. The number of ether oxygens (including phenoxy) is 1. The van der Waals surface area contributed by atoms with Crippen LogP contribution in [0.3, 0.4) is 0 Å². The van der Waals surface area contributed by atoms with E-state index in [0.29, 0.717) is 35.4 Å². The molecular formula is C33H29N7O5. The lowest BCUT2D eigenvalue weighted by atomic mass is 10.1. The molecule has 12 nitrogen and oxygen atoms in total. The molecule has 45 heavy (non-hydrogen) atoms. The smallest absolute Gasteiger partial charge is 0.410 e. The van der Waals surface area contributed by atoms with Gasteiger partial charge in [0.2, 0.25) is 0 Å². The number of aromatic nitrogens is 4. The molecule has 0 aliphatic carbocycles. The SMILES string of the molecule is COc1ccc(CNc2cccc3cc(CCNC(=O)c4c(NC(=O)O)nn5cccnc45)n(-c4ccccc4)c(=O)c23)cc1. The number of carboxylic acid groups (broad SMARTS) is 1. The van der Waals surface area contributed by atoms with Crippen LogP contribution in [0, 0.1) is 0 Å². The molecule has 0 fully saturated rings. The highest BCUT2D eigenvalue weighted by Gasteiger charge is 2.22. The van der Waals surface area contributed by atoms with Crippen LogP contribution in [0.4, 0.5) is 16.3 Å². The summed E-state index contributed by atoms with van der Waals surface area (Å²) >= 11 is 0. The number of benzene rings is 3. The molecule has 2 amide bonds. The molecule has 6 aromatic rings. The van der Waals surface area contributed by atoms with Gasteiger partial charge in [-0.2, -0.15) is 0 Å². The number of carbonyl (C=O) groups excluding carboxylic acids is 1. The van der Waals surface area contributed by atoms with Gasteiger partial charge in [-0.25, -0.2) is 14.3 Å². The quantitative estimate of drug-likeness (QED) is 0.176. The predicted octanol–water partition coefficient (Wildman–Crippen LogP) is 4.72. The van der Waals surface area contributed by atoms with Crippen LogP contribution in [0.2, 0.25) is 0 Å². The van der Waals surface area contributed by atoms with Gasteiger partial charge < -0.3 is 20.5 Å². The van der Waals surface area contributed by atoms with Crippen LogP contribution in [-0.4, -0.2) is 49.9 Å². The van der Waals surface area contributed by atoms with Crippen LogP contribution in [0.25, 0.3) is 22.1 Å². The second-order valence-corrected chi connectivity index (χ2v) is 10.1. The Bertz CT molecular complexity index is 2070. The minimum absolute atomic E-state index is 0.00420. The van der Waals surface area contributed by atoms with Crippen molar-refractivity contribution in [3.8, 4) is 11.4 Å². The first-order valence-electron chi connectivity index (χ1n) is 14.1. The summed E-state index contributed by atoms with van der Waals surface area (Å²) < 4.78 is 8.23. The van der Waals surface area contributed by atoms with Crippen molar-refractivity contribution < 1.29 is 19.4 Å². The van der Waals surface area contributed by atoms with E-state index in [1.165, 1.54) is 10.7 Å². The van der Waals surface area contributed by atoms with Crippen molar-refractivity contribution in [1.82, 2.24) is 24.5 Å². The van der Waals surface area contributed by atoms with E-state index in [4.69, 9.17) is 4.74 Å². The maximum atomic E-state index is 14.2. The van der Waals surface area contributed by atoms with Gasteiger partial charge in [0.15, 0.2) is 11.5 Å². The monoisotopic (exact) mass is 603 g/mol. The van der Waals surface area contributed by atoms with Crippen molar-refractivity contribution in [1.29, 1.82) is 0 Å². The molecule has 0 spiro atoms. The van der Waals surface area contributed by atoms with Crippen LogP contribution in [-0.2, 0) is 13.0 Å². The fraction of sp³-hybridized carbons (Fsp3) is 0.121. The number of fused-ring (bicyclic) bond motifs is 2. The molecule has 0 aliphatic heterocycles. The minimum atomic E-state index is -1.35. The lowest BCUT2D eigenvalue weighted by molar-refractivity contribution is 0.0956. The first-order chi connectivity index (χ1) is 21.9. The molecule has 4 N–H and O–H groups in total. The van der Waals surface area contributed by atoms with E-state index >= 15 is 0 Å². The number of hydrogen-bond donors (Lipinski definition) is 4. The van der Waals surface area contributed by atoms with Gasteiger partial charge in [0, 0.05) is 49.0 Å². The third kappa shape index (κ3) is 6.02. The van der Waals surface area contributed by atoms with Gasteiger partial charge in [-0.05, 0) is 53.4 Å². The molecule has 0 bridgehead atoms. The molecule has 0 saturated heterocycles. The fourth-order valence-corrected chi connectivity index (χ4v) is 5.22. The van der Waals surface area contributed by atoms with Gasteiger partial charge in [0.1, 0.15) is 11.3 Å². The number of amides is 2. The molecule has 226 valence electrons. The van der Waals surface area contributed by atoms with Crippen molar-refractivity contribution >= 4 is 39.9 Å². The van der Waals surface area contributed by atoms with Crippen molar-refractivity contribution in [2.75, 3.05) is 24.3 Å². The van der Waals surface area contributed by atoms with Crippen LogP contribution < -0.4 is 26.2 Å². The van der Waals surface area contributed by atoms with Crippen molar-refractivity contribution in [3.63, 3.8) is 0 Å². The highest BCUT2D eigenvalue weighted by atomic mass is 16.5. The standard InChI is InChI=1S/C33H29N7O5/c1-45-25-13-11-21(12-14-25)20-36-26-10-5-7-22-19-24(40(32(42)27(22)26)23-8-3-2-4-9-23)15-17-35-31(41)28-29(37-33(43)44)38-39-18-6-16-34-30(28)39/h2-14,16,18-19,36H,15,17,20H2,1H3,(H,35,41)(H,37,38)(H,43,44). The zero-order valence-electron chi connectivity index (χ0n) is 24.2. The number of methoxy groups -OCH3 is 1. The average Bonchev–Trinajstić information content (AvgIpc) is 3.41. The van der Waals surface area contributed by atoms with Gasteiger partial charge in [0.05, 0.1) is 12.5 Å². The summed E-state index contributed by atoms with van der Waals surface area (Å²) in [7, 11) is 1.62. The molecule has 3 aromatic carbocycles. The highest BCUT2D eigenvalue weighted by Crippen LogP contribution is 2.25. The number of para-hydroxylation sites is 1. The largest absolute Gasteiger partial charge is 0.497 e. The van der Waals surface area contributed by atoms with Crippen LogP contribution in [0.1, 0.15) is 21.6 Å². The Balaban J connectivity index is 1.30. The van der Waals surface area contributed by atoms with E-state index in [0.717, 1.165) is 16.7 Å². The number of nitrogens with zero attached hydrogens (tertiary/aromatic N) is 4. The Labute approximate surface area is 256 Å². The van der Waals surface area contributed by atoms with Crippen molar-refractivity contribution in [2.24, 2.45) is 0 Å². The lowest BCUT2D eigenvalue weighted by Gasteiger charge is -2.17. The predicted molar refractivity (Wildman–Crippen MR) is 171 cm³/mol. The number of rotatable bonds is 10. The van der Waals surface area contributed by atoms with Gasteiger partial charge >= 0.3 is 6.09 Å². The van der Waals surface area contributed by atoms with E-state index in [9.17, 15) is 19.5 Å². The Morgan fingerprint density at radius 2 is 1.78 bits per heavy atom. The van der Waals surface area contributed by atoms with Gasteiger partial charge in [0.25, 0.3) is 11.5 Å². The van der Waals surface area contributed by atoms with E-state index in [1.807, 2.05) is 78.9 Å². The first kappa shape index (κ1) is 28.9. The average molecular weight is 604 g/mol. The zero-order chi connectivity index (χ0) is 31.3. The Hall–Kier alpha value is -6.17. The molecule has 3 heterocycles. The molecular weight excluding hydrogens is 574 g/mol. The maximum absolute atomic E-state index is 14.2. The summed E-state index contributed by atoms with van der Waals surface area (Å²) in [5.74, 6) is 0.0956. The molecule has 0 aliphatic rings. The summed E-state index contributed by atoms with van der Waals surface area (Å²) in [5, 5.41) is 23.1. The van der Waals surface area contributed by atoms with Crippen LogP contribution in [0.15, 0.2) is 102 Å². The van der Waals surface area contributed by atoms with E-state index in [2.05, 4.69) is 26.0 Å². The van der Waals surface area contributed by atoms with Crippen molar-refractivity contribution in [2.45, 2.75) is 13.0 Å². The summed E-state index contributed by atoms with van der Waals surface area (Å²) in [4.78, 5) is 43.0. The minimum Gasteiger partial charge on any atom is -0.497 e. The Morgan fingerprint density at radius 1 is 0.978 bits per heavy atom. The third-order valence-electron chi connectivity index (χ3n) is 7.29. The van der Waals surface area contributed by atoms with Crippen LogP contribution >= 0.6 is 0 Å². The first-order valence-corrected chi connectivity index (χ1v) is 14.1. The molecule has 6 rings (SSSR count). The molecule has 0 saturated carbocycles. The van der Waals surface area contributed by atoms with Gasteiger partial charge in [-0.15, -0.1) is 5.10 Å². The Morgan fingerprint density at radius 3 is 2.53 bits per heavy atom. The molecule has 3 aromatic heterocycles. The third-order valence-corrected chi connectivity index (χ3v) is 7.29. The Kier molecular flexibility index (Phi) is 8.10. The highest BCUT2D eigenvalue weighted by molar-refractivity contribution is 6.06. The van der Waals surface area contributed by atoms with E-state index in [1.54, 1.807) is 23.9 Å². The normalized spacial score (nSPS) is 11.0. The number of nitrogens with one attached hydrogen (secondary N) is 3. The molecule has 12 heteroatoms. The lowest BCUT2D eigenvalue weighted by Crippen LogP contribution is -2.29. The number of carbonyl (C=O) groups is 2. The maximum Gasteiger partial charge on any atom is 0.410 e. The zero-order valence-corrected chi connectivity index (χ0v) is 24.2. The van der Waals surface area contributed by atoms with Gasteiger partial charge in [-0.1, -0.05) is 42.5 Å². The molecule has 0 radical (unpaired) electrons. The molecule has 0 unspecified atom stereocenters. The second-order valence-electron chi connectivity index (χ2n) is 10.1. The number of hydrogen-bond acceptors (Lipinski definition) is 7. The number of anilines is 2. The molecule has 0 atom stereocenters. The summed E-state index contributed by atoms with van der Waals surface area (Å²) in [5.41, 5.74) is 3.13. The number of pyridine rings is 1.